The van der Waals surface area contributed by atoms with Gasteiger partial charge in [0.15, 0.2) is 6.10 Å². The van der Waals surface area contributed by atoms with Gasteiger partial charge in [0.05, 0.1) is 5.69 Å². The molecular weight excluding hydrogens is 284 g/mol. The molecule has 3 rings (SSSR count). The molecule has 0 radical (unpaired) electrons. The minimum Gasteiger partial charge on any atom is -0.448 e. The summed E-state index contributed by atoms with van der Waals surface area (Å²) >= 11 is 0. The highest BCUT2D eigenvalue weighted by molar-refractivity contribution is 6.10. The van der Waals surface area contributed by atoms with E-state index >= 15 is 0 Å². The zero-order valence-electron chi connectivity index (χ0n) is 12.1. The third-order valence-corrected chi connectivity index (χ3v) is 3.34. The van der Waals surface area contributed by atoms with Crippen LogP contribution in [0, 0.1) is 6.92 Å². The van der Waals surface area contributed by atoms with E-state index in [0.29, 0.717) is 11.3 Å². The molecule has 1 aromatic carbocycles. The molecule has 3 aromatic rings. The molecule has 0 bridgehead atoms. The summed E-state index contributed by atoms with van der Waals surface area (Å²) in [6, 6.07) is 8.91. The number of ketones is 1. The topological polar surface area (TPSA) is 85.2 Å². The van der Waals surface area contributed by atoms with E-state index in [1.165, 1.54) is 13.0 Å². The number of ether oxygens (including phenoxy) is 1. The Kier molecular flexibility index (Phi) is 3.50. The lowest BCUT2D eigenvalue weighted by molar-refractivity contribution is 0.0281. The number of aromatic nitrogens is 2. The van der Waals surface area contributed by atoms with Gasteiger partial charge in [0, 0.05) is 28.7 Å². The van der Waals surface area contributed by atoms with Crippen LogP contribution >= 0.6 is 0 Å². The van der Waals surface area contributed by atoms with Crippen LogP contribution < -0.4 is 0 Å². The van der Waals surface area contributed by atoms with E-state index in [1.807, 2.05) is 24.3 Å². The number of Topliss-reactive ketones (excluding diaryl/α,β-unsaturated/α-hetero) is 1. The summed E-state index contributed by atoms with van der Waals surface area (Å²) in [6.45, 7) is 3.23. The number of para-hydroxylation sites is 1. The number of fused-ring (bicyclic) bond motifs is 1. The number of carbonyl (C=O) groups excluding carboxylic acids is 2. The van der Waals surface area contributed by atoms with Crippen LogP contribution in [-0.2, 0) is 4.74 Å². The largest absolute Gasteiger partial charge is 0.448 e. The van der Waals surface area contributed by atoms with Crippen LogP contribution in [-0.4, -0.2) is 28.0 Å². The molecule has 0 aliphatic rings. The van der Waals surface area contributed by atoms with E-state index in [0.717, 1.165) is 10.9 Å². The van der Waals surface area contributed by atoms with Gasteiger partial charge >= 0.3 is 5.97 Å². The van der Waals surface area contributed by atoms with Gasteiger partial charge in [0.25, 0.3) is 0 Å². The predicted molar refractivity (Wildman–Crippen MR) is 78.7 cm³/mol. The molecule has 1 unspecified atom stereocenters. The monoisotopic (exact) mass is 298 g/mol. The number of carbonyl (C=O) groups is 2. The smallest absolute Gasteiger partial charge is 0.377 e. The Hall–Kier alpha value is -2.89. The van der Waals surface area contributed by atoms with Crippen LogP contribution in [0.1, 0.15) is 33.5 Å². The third-order valence-electron chi connectivity index (χ3n) is 3.34. The summed E-state index contributed by atoms with van der Waals surface area (Å²) in [4.78, 5) is 27.4. The molecule has 0 fully saturated rings. The van der Waals surface area contributed by atoms with Crippen molar-refractivity contribution in [2.75, 3.05) is 0 Å². The second-order valence-electron chi connectivity index (χ2n) is 4.99. The molecule has 112 valence electrons. The van der Waals surface area contributed by atoms with Crippen LogP contribution in [0.15, 0.2) is 41.1 Å². The number of aromatic amines is 1. The first-order chi connectivity index (χ1) is 10.6. The van der Waals surface area contributed by atoms with Crippen LogP contribution in [0.3, 0.4) is 0 Å². The number of benzene rings is 1. The van der Waals surface area contributed by atoms with Gasteiger partial charge in [-0.2, -0.15) is 0 Å². The third kappa shape index (κ3) is 2.50. The van der Waals surface area contributed by atoms with Crippen molar-refractivity contribution in [3.63, 3.8) is 0 Å². The predicted octanol–water partition coefficient (Wildman–Crippen LogP) is 2.89. The molecule has 6 nitrogen and oxygen atoms in total. The lowest BCUT2D eigenvalue weighted by Crippen LogP contribution is -2.24. The molecule has 0 saturated carbocycles. The highest BCUT2D eigenvalue weighted by atomic mass is 16.6. The summed E-state index contributed by atoms with van der Waals surface area (Å²) in [5, 5.41) is 4.41. The number of esters is 1. The zero-order chi connectivity index (χ0) is 15.7. The van der Waals surface area contributed by atoms with Gasteiger partial charge in [-0.15, -0.1) is 0 Å². The number of aryl methyl sites for hydroxylation is 1. The molecule has 1 N–H and O–H groups in total. The summed E-state index contributed by atoms with van der Waals surface area (Å²) in [6.07, 6.45) is 0.702. The fourth-order valence-corrected chi connectivity index (χ4v) is 2.23. The Labute approximate surface area is 126 Å². The highest BCUT2D eigenvalue weighted by Crippen LogP contribution is 2.20. The number of nitrogens with one attached hydrogen (secondary N) is 1. The molecule has 0 aliphatic heterocycles. The van der Waals surface area contributed by atoms with E-state index in [-0.39, 0.29) is 11.5 Å². The van der Waals surface area contributed by atoms with Crippen LogP contribution in [0.2, 0.25) is 0 Å². The first kappa shape index (κ1) is 14.1. The van der Waals surface area contributed by atoms with Crippen LogP contribution in [0.25, 0.3) is 10.9 Å². The lowest BCUT2D eigenvalue weighted by atomic mass is 10.1. The first-order valence-electron chi connectivity index (χ1n) is 6.81. The molecule has 2 aromatic heterocycles. The van der Waals surface area contributed by atoms with E-state index < -0.39 is 12.1 Å². The van der Waals surface area contributed by atoms with E-state index in [1.54, 1.807) is 13.1 Å². The van der Waals surface area contributed by atoms with Crippen molar-refractivity contribution in [2.24, 2.45) is 0 Å². The van der Waals surface area contributed by atoms with Gasteiger partial charge in [-0.05, 0) is 19.9 Å². The number of hydrogen-bond acceptors (Lipinski definition) is 5. The molecule has 0 saturated heterocycles. The molecule has 2 heterocycles. The SMILES string of the molecule is Cc1cc(C(=O)OC(C)C(=O)c2c[nH]c3ccccc23)on1. The second-order valence-corrected chi connectivity index (χ2v) is 4.99. The van der Waals surface area contributed by atoms with Crippen LogP contribution in [0.5, 0.6) is 0 Å². The summed E-state index contributed by atoms with van der Waals surface area (Å²) < 4.78 is 9.97. The Bertz CT molecular complexity index is 847. The van der Waals surface area contributed by atoms with Crippen molar-refractivity contribution < 1.29 is 18.8 Å². The van der Waals surface area contributed by atoms with E-state index in [2.05, 4.69) is 10.1 Å². The average molecular weight is 298 g/mol. The Balaban J connectivity index is 1.78. The normalized spacial score (nSPS) is 12.3. The van der Waals surface area contributed by atoms with Crippen molar-refractivity contribution in [3.05, 3.63) is 53.5 Å². The standard InChI is InChI=1S/C16H14N2O4/c1-9-7-14(22-18-9)16(20)21-10(2)15(19)12-8-17-13-6-4-3-5-11(12)13/h3-8,10,17H,1-2H3. The fourth-order valence-electron chi connectivity index (χ4n) is 2.23. The van der Waals surface area contributed by atoms with Crippen molar-refractivity contribution in [2.45, 2.75) is 20.0 Å². The first-order valence-corrected chi connectivity index (χ1v) is 6.81. The zero-order valence-corrected chi connectivity index (χ0v) is 12.1. The minimum absolute atomic E-state index is 0.0175. The maximum Gasteiger partial charge on any atom is 0.377 e. The number of hydrogen-bond donors (Lipinski definition) is 1. The molecular formula is C16H14N2O4. The van der Waals surface area contributed by atoms with Gasteiger partial charge in [-0.3, -0.25) is 4.79 Å². The van der Waals surface area contributed by atoms with E-state index in [9.17, 15) is 9.59 Å². The Morgan fingerprint density at radius 3 is 2.82 bits per heavy atom. The second kappa shape index (κ2) is 5.48. The maximum atomic E-state index is 12.4. The van der Waals surface area contributed by atoms with Crippen molar-refractivity contribution in [3.8, 4) is 0 Å². The minimum atomic E-state index is -0.919. The molecule has 0 amide bonds. The Morgan fingerprint density at radius 1 is 1.32 bits per heavy atom. The quantitative estimate of drug-likeness (QED) is 0.591. The lowest BCUT2D eigenvalue weighted by Gasteiger charge is -2.10. The number of H-pyrrole nitrogens is 1. The summed E-state index contributed by atoms with van der Waals surface area (Å²) in [5.74, 6) is -1.00. The van der Waals surface area contributed by atoms with Gasteiger partial charge in [-0.25, -0.2) is 4.79 Å². The molecule has 0 spiro atoms. The molecule has 22 heavy (non-hydrogen) atoms. The number of rotatable bonds is 4. The maximum absolute atomic E-state index is 12.4. The van der Waals surface area contributed by atoms with Crippen molar-refractivity contribution in [1.29, 1.82) is 0 Å². The average Bonchev–Trinajstić information content (AvgIpc) is 3.12. The molecule has 6 heteroatoms. The van der Waals surface area contributed by atoms with E-state index in [4.69, 9.17) is 9.26 Å². The number of nitrogens with zero attached hydrogens (tertiary/aromatic N) is 1. The Morgan fingerprint density at radius 2 is 2.09 bits per heavy atom. The van der Waals surface area contributed by atoms with Gasteiger partial charge in [0.1, 0.15) is 0 Å². The summed E-state index contributed by atoms with van der Waals surface area (Å²) in [5.41, 5.74) is 1.92. The van der Waals surface area contributed by atoms with Gasteiger partial charge < -0.3 is 14.2 Å². The fraction of sp³-hybridized carbons (Fsp3) is 0.188. The van der Waals surface area contributed by atoms with Crippen molar-refractivity contribution >= 4 is 22.7 Å². The van der Waals surface area contributed by atoms with Crippen molar-refractivity contribution in [1.82, 2.24) is 10.1 Å². The van der Waals surface area contributed by atoms with Gasteiger partial charge in [-0.1, -0.05) is 23.4 Å². The molecule has 0 aliphatic carbocycles. The molecule has 1 atom stereocenters. The van der Waals surface area contributed by atoms with Crippen LogP contribution in [0.4, 0.5) is 0 Å². The summed E-state index contributed by atoms with van der Waals surface area (Å²) in [7, 11) is 0. The van der Waals surface area contributed by atoms with Gasteiger partial charge in [0.2, 0.25) is 11.5 Å². The highest BCUT2D eigenvalue weighted by Gasteiger charge is 2.24.